The molecular formula is C18H22ClIN6O2. The Hall–Kier alpha value is -2.14. The van der Waals surface area contributed by atoms with Crippen LogP contribution >= 0.6 is 35.6 Å². The number of aromatic nitrogens is 1. The van der Waals surface area contributed by atoms with Gasteiger partial charge in [-0.3, -0.25) is 15.1 Å². The number of nitro benzene ring substituents is 1. The van der Waals surface area contributed by atoms with E-state index in [0.29, 0.717) is 17.5 Å². The second-order valence-electron chi connectivity index (χ2n) is 6.23. The van der Waals surface area contributed by atoms with Crippen LogP contribution in [0.1, 0.15) is 12.0 Å². The molecule has 28 heavy (non-hydrogen) atoms. The number of hydrogen-bond acceptors (Lipinski definition) is 5. The van der Waals surface area contributed by atoms with E-state index in [9.17, 15) is 10.1 Å². The van der Waals surface area contributed by atoms with E-state index in [4.69, 9.17) is 11.6 Å². The van der Waals surface area contributed by atoms with Gasteiger partial charge in [0.1, 0.15) is 5.82 Å². The Labute approximate surface area is 185 Å². The first-order valence-corrected chi connectivity index (χ1v) is 9.00. The fourth-order valence-corrected chi connectivity index (χ4v) is 3.23. The summed E-state index contributed by atoms with van der Waals surface area (Å²) in [6, 6.07) is 10.4. The molecule has 0 amide bonds. The predicted molar refractivity (Wildman–Crippen MR) is 122 cm³/mol. The summed E-state index contributed by atoms with van der Waals surface area (Å²) in [5.74, 6) is 1.49. The molecular weight excluding hydrogens is 495 g/mol. The van der Waals surface area contributed by atoms with Gasteiger partial charge in [0.05, 0.1) is 9.95 Å². The van der Waals surface area contributed by atoms with Gasteiger partial charge >= 0.3 is 0 Å². The van der Waals surface area contributed by atoms with Crippen LogP contribution in [0.25, 0.3) is 0 Å². The number of rotatable bonds is 5. The first kappa shape index (κ1) is 22.2. The number of non-ortho nitro benzene ring substituents is 1. The molecule has 1 atom stereocenters. The summed E-state index contributed by atoms with van der Waals surface area (Å²) in [5.41, 5.74) is 1.03. The van der Waals surface area contributed by atoms with Gasteiger partial charge < -0.3 is 15.5 Å². The molecule has 8 nitrogen and oxygen atoms in total. The number of anilines is 1. The number of nitrogens with zero attached hydrogens (tertiary/aromatic N) is 4. The number of nitrogens with one attached hydrogen (secondary N) is 2. The maximum Gasteiger partial charge on any atom is 0.269 e. The highest BCUT2D eigenvalue weighted by atomic mass is 127. The van der Waals surface area contributed by atoms with E-state index in [0.717, 1.165) is 30.9 Å². The van der Waals surface area contributed by atoms with Crippen molar-refractivity contribution in [1.29, 1.82) is 0 Å². The molecule has 1 saturated heterocycles. The summed E-state index contributed by atoms with van der Waals surface area (Å²) in [6.07, 6.45) is 2.69. The summed E-state index contributed by atoms with van der Waals surface area (Å²) >= 11 is 6.23. The van der Waals surface area contributed by atoms with Crippen LogP contribution in [0.4, 0.5) is 11.5 Å². The molecule has 1 fully saturated rings. The van der Waals surface area contributed by atoms with Crippen molar-refractivity contribution in [2.24, 2.45) is 4.99 Å². The zero-order chi connectivity index (χ0) is 19.2. The molecule has 1 aliphatic heterocycles. The molecule has 1 unspecified atom stereocenters. The van der Waals surface area contributed by atoms with E-state index in [-0.39, 0.29) is 35.7 Å². The van der Waals surface area contributed by atoms with E-state index in [2.05, 4.69) is 25.5 Å². The third-order valence-corrected chi connectivity index (χ3v) is 4.69. The molecule has 1 aliphatic rings. The Morgan fingerprint density at radius 2 is 2.14 bits per heavy atom. The number of hydrogen-bond donors (Lipinski definition) is 2. The predicted octanol–water partition coefficient (Wildman–Crippen LogP) is 3.21. The lowest BCUT2D eigenvalue weighted by molar-refractivity contribution is -0.384. The molecule has 0 spiro atoms. The molecule has 0 aliphatic carbocycles. The average molecular weight is 517 g/mol. The second-order valence-corrected chi connectivity index (χ2v) is 6.64. The number of guanidine groups is 1. The Balaban J connectivity index is 0.00000280. The van der Waals surface area contributed by atoms with Gasteiger partial charge in [-0.2, -0.15) is 0 Å². The molecule has 1 aromatic carbocycles. The first-order valence-electron chi connectivity index (χ1n) is 8.63. The fraction of sp³-hybridized carbons (Fsp3) is 0.333. The zero-order valence-electron chi connectivity index (χ0n) is 15.3. The summed E-state index contributed by atoms with van der Waals surface area (Å²) < 4.78 is 0. The fourth-order valence-electron chi connectivity index (χ4n) is 2.99. The molecule has 10 heteroatoms. The van der Waals surface area contributed by atoms with Crippen LogP contribution < -0.4 is 15.5 Å². The van der Waals surface area contributed by atoms with Gasteiger partial charge in [-0.15, -0.1) is 24.0 Å². The van der Waals surface area contributed by atoms with Crippen molar-refractivity contribution in [3.05, 3.63) is 63.3 Å². The standard InChI is InChI=1S/C18H21ClN6O2.HI/c1-20-18(22-11-13-4-6-15(7-5-13)25(26)27)23-14-8-10-24(12-14)17-16(19)3-2-9-21-17;/h2-7,9,14H,8,10-12H2,1H3,(H2,20,22,23);1H. The largest absolute Gasteiger partial charge is 0.353 e. The Bertz CT molecular complexity index is 833. The second kappa shape index (κ2) is 10.4. The monoisotopic (exact) mass is 516 g/mol. The van der Waals surface area contributed by atoms with Crippen LogP contribution in [0.2, 0.25) is 5.02 Å². The highest BCUT2D eigenvalue weighted by molar-refractivity contribution is 14.0. The van der Waals surface area contributed by atoms with Gasteiger partial charge in [0.2, 0.25) is 0 Å². The Morgan fingerprint density at radius 1 is 1.39 bits per heavy atom. The molecule has 2 N–H and O–H groups in total. The maximum atomic E-state index is 10.7. The van der Waals surface area contributed by atoms with Gasteiger partial charge in [-0.1, -0.05) is 23.7 Å². The van der Waals surface area contributed by atoms with Crippen molar-refractivity contribution in [2.45, 2.75) is 19.0 Å². The smallest absolute Gasteiger partial charge is 0.269 e. The minimum absolute atomic E-state index is 0. The van der Waals surface area contributed by atoms with E-state index < -0.39 is 4.92 Å². The minimum atomic E-state index is -0.405. The number of nitro groups is 1. The molecule has 3 rings (SSSR count). The van der Waals surface area contributed by atoms with Crippen molar-refractivity contribution in [3.63, 3.8) is 0 Å². The van der Waals surface area contributed by atoms with Crippen LogP contribution in [0, 0.1) is 10.1 Å². The number of halogens is 2. The van der Waals surface area contributed by atoms with Crippen molar-refractivity contribution in [3.8, 4) is 0 Å². The molecule has 1 aromatic heterocycles. The van der Waals surface area contributed by atoms with E-state index in [1.165, 1.54) is 12.1 Å². The van der Waals surface area contributed by atoms with Gasteiger partial charge in [0.25, 0.3) is 5.69 Å². The highest BCUT2D eigenvalue weighted by Crippen LogP contribution is 2.25. The maximum absolute atomic E-state index is 10.7. The van der Waals surface area contributed by atoms with Crippen molar-refractivity contribution in [2.75, 3.05) is 25.0 Å². The number of aliphatic imine (C=N–C) groups is 1. The van der Waals surface area contributed by atoms with Crippen molar-refractivity contribution >= 4 is 53.0 Å². The quantitative estimate of drug-likeness (QED) is 0.208. The van der Waals surface area contributed by atoms with Crippen LogP contribution in [0.5, 0.6) is 0 Å². The Kier molecular flexibility index (Phi) is 8.24. The van der Waals surface area contributed by atoms with Crippen molar-refractivity contribution in [1.82, 2.24) is 15.6 Å². The topological polar surface area (TPSA) is 95.7 Å². The van der Waals surface area contributed by atoms with Crippen LogP contribution in [0.3, 0.4) is 0 Å². The minimum Gasteiger partial charge on any atom is -0.353 e. The molecule has 0 bridgehead atoms. The van der Waals surface area contributed by atoms with E-state index in [1.54, 1.807) is 25.4 Å². The van der Waals surface area contributed by atoms with Gasteiger partial charge in [-0.25, -0.2) is 4.98 Å². The van der Waals surface area contributed by atoms with Crippen LogP contribution in [-0.4, -0.2) is 42.0 Å². The first-order chi connectivity index (χ1) is 13.1. The SMILES string of the molecule is CN=C(NCc1ccc([N+](=O)[O-])cc1)NC1CCN(c2ncccc2Cl)C1.I. The van der Waals surface area contributed by atoms with Gasteiger partial charge in [0, 0.05) is 51.1 Å². The molecule has 0 saturated carbocycles. The van der Waals surface area contributed by atoms with Crippen LogP contribution in [-0.2, 0) is 6.54 Å². The number of benzene rings is 1. The lowest BCUT2D eigenvalue weighted by Gasteiger charge is -2.20. The lowest BCUT2D eigenvalue weighted by atomic mass is 10.2. The molecule has 2 heterocycles. The molecule has 2 aromatic rings. The third-order valence-electron chi connectivity index (χ3n) is 4.40. The molecule has 150 valence electrons. The summed E-state index contributed by atoms with van der Waals surface area (Å²) in [6.45, 7) is 2.18. The normalized spacial score (nSPS) is 16.4. The van der Waals surface area contributed by atoms with E-state index >= 15 is 0 Å². The summed E-state index contributed by atoms with van der Waals surface area (Å²) in [7, 11) is 1.72. The summed E-state index contributed by atoms with van der Waals surface area (Å²) in [4.78, 5) is 21.1. The van der Waals surface area contributed by atoms with Crippen LogP contribution in [0.15, 0.2) is 47.6 Å². The number of pyridine rings is 1. The van der Waals surface area contributed by atoms with E-state index in [1.807, 2.05) is 12.1 Å². The average Bonchev–Trinajstić information content (AvgIpc) is 3.14. The third kappa shape index (κ3) is 5.68. The summed E-state index contributed by atoms with van der Waals surface area (Å²) in [5, 5.41) is 18.0. The lowest BCUT2D eigenvalue weighted by Crippen LogP contribution is -2.44. The van der Waals surface area contributed by atoms with Crippen molar-refractivity contribution < 1.29 is 4.92 Å². The highest BCUT2D eigenvalue weighted by Gasteiger charge is 2.25. The zero-order valence-corrected chi connectivity index (χ0v) is 18.4. The Morgan fingerprint density at radius 3 is 2.79 bits per heavy atom. The molecule has 0 radical (unpaired) electrons. The van der Waals surface area contributed by atoms with Gasteiger partial charge in [0.15, 0.2) is 5.96 Å². The van der Waals surface area contributed by atoms with Gasteiger partial charge in [-0.05, 0) is 24.1 Å².